The van der Waals surface area contributed by atoms with Crippen LogP contribution in [-0.4, -0.2) is 9.78 Å². The van der Waals surface area contributed by atoms with E-state index in [1.54, 1.807) is 6.07 Å². The Hall–Kier alpha value is -1.21. The maximum atomic E-state index is 13.3. The molecule has 106 valence electrons. The van der Waals surface area contributed by atoms with Crippen LogP contribution in [0.5, 0.6) is 0 Å². The Bertz CT molecular complexity index is 768. The molecule has 3 aromatic rings. The molecule has 0 unspecified atom stereocenters. The normalized spacial score (nSPS) is 10.8. The Morgan fingerprint density at radius 2 is 1.86 bits per heavy atom. The Labute approximate surface area is 144 Å². The maximum Gasteiger partial charge on any atom is 0.123 e. The van der Waals surface area contributed by atoms with Crippen LogP contribution < -0.4 is 0 Å². The van der Waals surface area contributed by atoms with Gasteiger partial charge in [0.25, 0.3) is 0 Å². The van der Waals surface area contributed by atoms with Crippen LogP contribution in [0.3, 0.4) is 0 Å². The maximum absolute atomic E-state index is 13.3. The van der Waals surface area contributed by atoms with E-state index < -0.39 is 0 Å². The molecule has 0 N–H and O–H groups in total. The molecule has 1 heterocycles. The summed E-state index contributed by atoms with van der Waals surface area (Å²) < 4.78 is 17.2. The molecule has 0 aliphatic rings. The lowest BCUT2D eigenvalue weighted by molar-refractivity contribution is 0.618. The number of nitrogens with zero attached hydrogens (tertiary/aromatic N) is 2. The molecule has 3 rings (SSSR count). The van der Waals surface area contributed by atoms with Crippen molar-refractivity contribution in [2.24, 2.45) is 0 Å². The molecule has 0 spiro atoms. The number of hydrogen-bond acceptors (Lipinski definition) is 1. The van der Waals surface area contributed by atoms with Gasteiger partial charge in [-0.1, -0.05) is 28.1 Å². The van der Waals surface area contributed by atoms with Gasteiger partial charge in [0, 0.05) is 19.8 Å². The molecule has 0 saturated carbocycles. The Balaban J connectivity index is 1.85. The second-order valence-electron chi connectivity index (χ2n) is 4.67. The van der Waals surface area contributed by atoms with E-state index in [0.717, 1.165) is 21.2 Å². The van der Waals surface area contributed by atoms with Gasteiger partial charge in [-0.3, -0.25) is 4.68 Å². The third kappa shape index (κ3) is 3.52. The average Bonchev–Trinajstić information content (AvgIpc) is 2.92. The molecular formula is C16H11BrFIN2. The zero-order chi connectivity index (χ0) is 14.8. The molecule has 1 aromatic heterocycles. The minimum Gasteiger partial charge on any atom is -0.268 e. The van der Waals surface area contributed by atoms with Crippen molar-refractivity contribution in [1.29, 1.82) is 0 Å². The first kappa shape index (κ1) is 14.7. The molecule has 21 heavy (non-hydrogen) atoms. The molecule has 0 radical (unpaired) electrons. The fourth-order valence-corrected chi connectivity index (χ4v) is 2.81. The van der Waals surface area contributed by atoms with Crippen molar-refractivity contribution < 1.29 is 4.39 Å². The van der Waals surface area contributed by atoms with Crippen molar-refractivity contribution in [2.75, 3.05) is 0 Å². The Morgan fingerprint density at radius 1 is 1.10 bits per heavy atom. The number of rotatable bonds is 3. The number of halogens is 3. The van der Waals surface area contributed by atoms with Crippen molar-refractivity contribution in [3.05, 3.63) is 74.3 Å². The molecule has 0 atom stereocenters. The number of aromatic nitrogens is 2. The molecule has 0 fully saturated rings. The third-order valence-electron chi connectivity index (χ3n) is 3.15. The van der Waals surface area contributed by atoms with E-state index in [4.69, 9.17) is 0 Å². The van der Waals surface area contributed by atoms with Crippen molar-refractivity contribution in [2.45, 2.75) is 6.54 Å². The van der Waals surface area contributed by atoms with E-state index in [-0.39, 0.29) is 5.82 Å². The van der Waals surface area contributed by atoms with E-state index in [1.807, 2.05) is 17.1 Å². The number of benzene rings is 2. The molecule has 0 saturated heterocycles. The highest BCUT2D eigenvalue weighted by atomic mass is 127. The highest BCUT2D eigenvalue weighted by molar-refractivity contribution is 14.1. The van der Waals surface area contributed by atoms with Gasteiger partial charge in [0.1, 0.15) is 5.82 Å². The van der Waals surface area contributed by atoms with Crippen LogP contribution in [0.15, 0.2) is 59.3 Å². The lowest BCUT2D eigenvalue weighted by Gasteiger charge is -2.05. The molecule has 0 amide bonds. The number of hydrogen-bond donors (Lipinski definition) is 0. The van der Waals surface area contributed by atoms with E-state index in [9.17, 15) is 4.39 Å². The van der Waals surface area contributed by atoms with Gasteiger partial charge < -0.3 is 0 Å². The zero-order valence-corrected chi connectivity index (χ0v) is 14.7. The second kappa shape index (κ2) is 6.27. The van der Waals surface area contributed by atoms with Gasteiger partial charge in [0.15, 0.2) is 0 Å². The minimum atomic E-state index is -0.238. The molecular weight excluding hydrogens is 446 g/mol. The summed E-state index contributed by atoms with van der Waals surface area (Å²) in [6, 6.07) is 13.0. The van der Waals surface area contributed by atoms with Crippen molar-refractivity contribution in [1.82, 2.24) is 9.78 Å². The monoisotopic (exact) mass is 456 g/mol. The van der Waals surface area contributed by atoms with Gasteiger partial charge in [-0.2, -0.15) is 5.10 Å². The summed E-state index contributed by atoms with van der Waals surface area (Å²) in [6.07, 6.45) is 3.80. The summed E-state index contributed by atoms with van der Waals surface area (Å²) >= 11 is 5.72. The predicted molar refractivity (Wildman–Crippen MR) is 93.6 cm³/mol. The van der Waals surface area contributed by atoms with Crippen LogP contribution >= 0.6 is 38.5 Å². The van der Waals surface area contributed by atoms with Crippen LogP contribution in [0, 0.1) is 9.39 Å². The first-order valence-electron chi connectivity index (χ1n) is 6.34. The Kier molecular flexibility index (Phi) is 4.40. The summed E-state index contributed by atoms with van der Waals surface area (Å²) in [5.74, 6) is -0.238. The predicted octanol–water partition coefficient (Wildman–Crippen LogP) is 5.10. The van der Waals surface area contributed by atoms with Crippen molar-refractivity contribution in [3.63, 3.8) is 0 Å². The standard InChI is InChI=1S/C16H11BrFIN2/c17-16-6-3-14(18)7-12(16)9-21-10-13(8-20-21)11-1-4-15(19)5-2-11/h1-8,10H,9H2. The van der Waals surface area contributed by atoms with E-state index >= 15 is 0 Å². The van der Waals surface area contributed by atoms with Crippen LogP contribution in [0.25, 0.3) is 11.1 Å². The molecule has 0 aliphatic carbocycles. The summed E-state index contributed by atoms with van der Waals surface area (Å²) in [5, 5.41) is 4.35. The van der Waals surface area contributed by atoms with Gasteiger partial charge in [0.05, 0.1) is 12.7 Å². The molecule has 0 bridgehead atoms. The van der Waals surface area contributed by atoms with Gasteiger partial charge in [-0.25, -0.2) is 4.39 Å². The van der Waals surface area contributed by atoms with Crippen LogP contribution in [0.1, 0.15) is 5.56 Å². The van der Waals surface area contributed by atoms with Gasteiger partial charge in [0.2, 0.25) is 0 Å². The zero-order valence-electron chi connectivity index (χ0n) is 10.9. The summed E-state index contributed by atoms with van der Waals surface area (Å²) in [6.45, 7) is 0.530. The molecule has 2 nitrogen and oxygen atoms in total. The second-order valence-corrected chi connectivity index (χ2v) is 6.77. The van der Waals surface area contributed by atoms with Crippen LogP contribution in [-0.2, 0) is 6.54 Å². The van der Waals surface area contributed by atoms with Crippen LogP contribution in [0.2, 0.25) is 0 Å². The largest absolute Gasteiger partial charge is 0.268 e. The fraction of sp³-hybridized carbons (Fsp3) is 0.0625. The van der Waals surface area contributed by atoms with Gasteiger partial charge in [-0.05, 0) is 64.0 Å². The summed E-state index contributed by atoms with van der Waals surface area (Å²) in [7, 11) is 0. The highest BCUT2D eigenvalue weighted by Crippen LogP contribution is 2.22. The lowest BCUT2D eigenvalue weighted by Crippen LogP contribution is -2.01. The van der Waals surface area contributed by atoms with Crippen molar-refractivity contribution in [3.8, 4) is 11.1 Å². The van der Waals surface area contributed by atoms with E-state index in [2.05, 4.69) is 67.9 Å². The lowest BCUT2D eigenvalue weighted by atomic mass is 10.1. The summed E-state index contributed by atoms with van der Waals surface area (Å²) in [5.41, 5.74) is 3.05. The average molecular weight is 457 g/mol. The van der Waals surface area contributed by atoms with Gasteiger partial charge >= 0.3 is 0 Å². The smallest absolute Gasteiger partial charge is 0.123 e. The SMILES string of the molecule is Fc1ccc(Br)c(Cn2cc(-c3ccc(I)cc3)cn2)c1. The fourth-order valence-electron chi connectivity index (χ4n) is 2.08. The molecule has 0 aliphatic heterocycles. The first-order chi connectivity index (χ1) is 10.1. The van der Waals surface area contributed by atoms with Crippen LogP contribution in [0.4, 0.5) is 4.39 Å². The Morgan fingerprint density at radius 3 is 2.62 bits per heavy atom. The molecule has 5 heteroatoms. The van der Waals surface area contributed by atoms with Gasteiger partial charge in [-0.15, -0.1) is 0 Å². The molecule has 2 aromatic carbocycles. The topological polar surface area (TPSA) is 17.8 Å². The quantitative estimate of drug-likeness (QED) is 0.501. The van der Waals surface area contributed by atoms with E-state index in [0.29, 0.717) is 6.54 Å². The van der Waals surface area contributed by atoms with E-state index in [1.165, 1.54) is 15.7 Å². The third-order valence-corrected chi connectivity index (χ3v) is 4.64. The van der Waals surface area contributed by atoms with Crippen molar-refractivity contribution >= 4 is 38.5 Å². The highest BCUT2D eigenvalue weighted by Gasteiger charge is 2.06. The summed E-state index contributed by atoms with van der Waals surface area (Å²) in [4.78, 5) is 0. The minimum absolute atomic E-state index is 0.238. The first-order valence-corrected chi connectivity index (χ1v) is 8.21.